The van der Waals surface area contributed by atoms with E-state index in [1.54, 1.807) is 13.3 Å². The first kappa shape index (κ1) is 19.8. The molecule has 6 nitrogen and oxygen atoms in total. The highest BCUT2D eigenvalue weighted by Crippen LogP contribution is 2.26. The van der Waals surface area contributed by atoms with Gasteiger partial charge < -0.3 is 14.8 Å². The average molecular weight is 387 g/mol. The molecular formula is C23H21N3O3. The summed E-state index contributed by atoms with van der Waals surface area (Å²) < 4.78 is 10.7. The normalized spacial score (nSPS) is 10.5. The van der Waals surface area contributed by atoms with Gasteiger partial charge in [-0.3, -0.25) is 4.79 Å². The van der Waals surface area contributed by atoms with Gasteiger partial charge in [0.05, 0.1) is 19.9 Å². The molecule has 0 radical (unpaired) electrons. The predicted molar refractivity (Wildman–Crippen MR) is 115 cm³/mol. The lowest BCUT2D eigenvalue weighted by atomic mass is 10.0. The van der Waals surface area contributed by atoms with E-state index >= 15 is 0 Å². The number of nitrogens with one attached hydrogen (secondary N) is 2. The molecule has 1 amide bonds. The first-order chi connectivity index (χ1) is 14.2. The molecule has 0 aliphatic rings. The highest BCUT2D eigenvalue weighted by molar-refractivity contribution is 6.02. The van der Waals surface area contributed by atoms with E-state index in [0.717, 1.165) is 27.8 Å². The van der Waals surface area contributed by atoms with Crippen LogP contribution in [0.5, 0.6) is 11.5 Å². The molecule has 146 valence electrons. The van der Waals surface area contributed by atoms with E-state index in [1.165, 1.54) is 0 Å². The largest absolute Gasteiger partial charge is 0.497 e. The van der Waals surface area contributed by atoms with Crippen LogP contribution in [-0.2, 0) is 4.79 Å². The zero-order chi connectivity index (χ0) is 20.5. The molecule has 3 aromatic rings. The lowest BCUT2D eigenvalue weighted by Gasteiger charge is -2.10. The number of anilines is 1. The SMILES string of the molecule is C#CCOc1ccc2ccccc2c1/C=N\NC(=O)CNc1ccc(OC)cc1. The lowest BCUT2D eigenvalue weighted by Crippen LogP contribution is -2.25. The maximum absolute atomic E-state index is 12.1. The van der Waals surface area contributed by atoms with Crippen molar-refractivity contribution in [2.75, 3.05) is 25.6 Å². The number of hydrogen-bond acceptors (Lipinski definition) is 5. The van der Waals surface area contributed by atoms with Crippen molar-refractivity contribution in [1.82, 2.24) is 5.43 Å². The standard InChI is InChI=1S/C23H21N3O3/c1-3-14-29-22-13-8-17-6-4-5-7-20(17)21(22)15-25-26-23(27)16-24-18-9-11-19(28-2)12-10-18/h1,4-13,15,24H,14,16H2,2H3,(H,26,27)/b25-15-. The zero-order valence-corrected chi connectivity index (χ0v) is 16.0. The number of nitrogens with zero attached hydrogens (tertiary/aromatic N) is 1. The highest BCUT2D eigenvalue weighted by Gasteiger charge is 2.07. The van der Waals surface area contributed by atoms with Gasteiger partial charge in [-0.25, -0.2) is 5.43 Å². The van der Waals surface area contributed by atoms with Gasteiger partial charge in [0.15, 0.2) is 0 Å². The van der Waals surface area contributed by atoms with Crippen LogP contribution in [0.2, 0.25) is 0 Å². The quantitative estimate of drug-likeness (QED) is 0.353. The van der Waals surface area contributed by atoms with Gasteiger partial charge in [0.2, 0.25) is 0 Å². The monoisotopic (exact) mass is 387 g/mol. The maximum atomic E-state index is 12.1. The summed E-state index contributed by atoms with van der Waals surface area (Å²) in [6.07, 6.45) is 6.87. The molecule has 0 saturated carbocycles. The van der Waals surface area contributed by atoms with Gasteiger partial charge >= 0.3 is 0 Å². The van der Waals surface area contributed by atoms with Crippen LogP contribution in [0.3, 0.4) is 0 Å². The molecule has 3 aromatic carbocycles. The van der Waals surface area contributed by atoms with E-state index < -0.39 is 0 Å². The van der Waals surface area contributed by atoms with Crippen LogP contribution in [0.25, 0.3) is 10.8 Å². The third-order valence-electron chi connectivity index (χ3n) is 4.17. The van der Waals surface area contributed by atoms with Crippen LogP contribution < -0.4 is 20.2 Å². The number of methoxy groups -OCH3 is 1. The minimum atomic E-state index is -0.275. The molecule has 6 heteroatoms. The number of hydrogen-bond donors (Lipinski definition) is 2. The van der Waals surface area contributed by atoms with E-state index in [2.05, 4.69) is 21.8 Å². The van der Waals surface area contributed by atoms with Crippen LogP contribution in [0.15, 0.2) is 65.8 Å². The molecule has 0 bridgehead atoms. The van der Waals surface area contributed by atoms with Crippen LogP contribution in [0, 0.1) is 12.3 Å². The molecule has 0 spiro atoms. The fourth-order valence-electron chi connectivity index (χ4n) is 2.75. The number of terminal acetylenes is 1. The number of hydrazone groups is 1. The molecule has 0 aromatic heterocycles. The molecule has 0 aliphatic carbocycles. The second-order valence-electron chi connectivity index (χ2n) is 6.07. The predicted octanol–water partition coefficient (Wildman–Crippen LogP) is 3.42. The fraction of sp³-hybridized carbons (Fsp3) is 0.130. The van der Waals surface area contributed by atoms with Crippen molar-refractivity contribution in [3.05, 3.63) is 66.2 Å². The number of fused-ring (bicyclic) bond motifs is 1. The number of ether oxygens (including phenoxy) is 2. The van der Waals surface area contributed by atoms with Crippen LogP contribution in [-0.4, -0.2) is 32.4 Å². The van der Waals surface area contributed by atoms with Crippen LogP contribution >= 0.6 is 0 Å². The number of carbonyl (C=O) groups is 1. The summed E-state index contributed by atoms with van der Waals surface area (Å²) in [7, 11) is 1.60. The van der Waals surface area contributed by atoms with E-state index in [9.17, 15) is 4.79 Å². The van der Waals surface area contributed by atoms with E-state index in [1.807, 2.05) is 60.7 Å². The smallest absolute Gasteiger partial charge is 0.259 e. The number of amides is 1. The number of rotatable bonds is 8. The number of carbonyl (C=O) groups excluding carboxylic acids is 1. The van der Waals surface area contributed by atoms with Gasteiger partial charge in [-0.15, -0.1) is 6.42 Å². The Balaban J connectivity index is 1.66. The Morgan fingerprint density at radius 1 is 1.14 bits per heavy atom. The first-order valence-corrected chi connectivity index (χ1v) is 8.99. The first-order valence-electron chi connectivity index (χ1n) is 8.99. The lowest BCUT2D eigenvalue weighted by molar-refractivity contribution is -0.119. The molecule has 29 heavy (non-hydrogen) atoms. The minimum Gasteiger partial charge on any atom is -0.497 e. The molecule has 2 N–H and O–H groups in total. The minimum absolute atomic E-state index is 0.0830. The molecule has 0 fully saturated rings. The van der Waals surface area contributed by atoms with Gasteiger partial charge in [-0.05, 0) is 41.1 Å². The van der Waals surface area contributed by atoms with Crippen molar-refractivity contribution in [3.63, 3.8) is 0 Å². The molecular weight excluding hydrogens is 366 g/mol. The van der Waals surface area contributed by atoms with Crippen LogP contribution in [0.1, 0.15) is 5.56 Å². The highest BCUT2D eigenvalue weighted by atomic mass is 16.5. The van der Waals surface area contributed by atoms with Crippen molar-refractivity contribution in [1.29, 1.82) is 0 Å². The summed E-state index contributed by atoms with van der Waals surface area (Å²) in [6, 6.07) is 18.9. The van der Waals surface area contributed by atoms with Crippen molar-refractivity contribution in [2.45, 2.75) is 0 Å². The Morgan fingerprint density at radius 3 is 2.69 bits per heavy atom. The van der Waals surface area contributed by atoms with Crippen molar-refractivity contribution < 1.29 is 14.3 Å². The summed E-state index contributed by atoms with van der Waals surface area (Å²) >= 11 is 0. The van der Waals surface area contributed by atoms with E-state index in [0.29, 0.717) is 5.75 Å². The van der Waals surface area contributed by atoms with E-state index in [-0.39, 0.29) is 19.1 Å². The fourth-order valence-corrected chi connectivity index (χ4v) is 2.75. The molecule has 0 aliphatic heterocycles. The Morgan fingerprint density at radius 2 is 1.93 bits per heavy atom. The van der Waals surface area contributed by atoms with Crippen molar-refractivity contribution in [3.8, 4) is 23.8 Å². The third kappa shape index (κ3) is 5.27. The molecule has 3 rings (SSSR count). The van der Waals surface area contributed by atoms with Gasteiger partial charge in [0.25, 0.3) is 5.91 Å². The van der Waals surface area contributed by atoms with E-state index in [4.69, 9.17) is 15.9 Å². The van der Waals surface area contributed by atoms with Gasteiger partial charge in [0.1, 0.15) is 18.1 Å². The summed E-state index contributed by atoms with van der Waals surface area (Å²) in [4.78, 5) is 12.1. The third-order valence-corrected chi connectivity index (χ3v) is 4.17. The Kier molecular flexibility index (Phi) is 6.69. The van der Waals surface area contributed by atoms with Crippen molar-refractivity contribution >= 4 is 28.6 Å². The summed E-state index contributed by atoms with van der Waals surface area (Å²) in [5, 5.41) is 9.10. The molecule has 0 atom stereocenters. The summed E-state index contributed by atoms with van der Waals surface area (Å²) in [5.41, 5.74) is 4.08. The summed E-state index contributed by atoms with van der Waals surface area (Å²) in [5.74, 6) is 3.54. The van der Waals surface area contributed by atoms with Gasteiger partial charge in [-0.2, -0.15) is 5.10 Å². The van der Waals surface area contributed by atoms with Crippen molar-refractivity contribution in [2.24, 2.45) is 5.10 Å². The second kappa shape index (κ2) is 9.81. The Hall–Kier alpha value is -3.98. The maximum Gasteiger partial charge on any atom is 0.259 e. The summed E-state index contributed by atoms with van der Waals surface area (Å²) in [6.45, 7) is 0.233. The Bertz CT molecular complexity index is 1050. The molecule has 0 heterocycles. The average Bonchev–Trinajstić information content (AvgIpc) is 2.77. The molecule has 0 saturated heterocycles. The van der Waals surface area contributed by atoms with Crippen LogP contribution in [0.4, 0.5) is 5.69 Å². The Labute approximate surface area is 169 Å². The topological polar surface area (TPSA) is 72.0 Å². The number of benzene rings is 3. The molecule has 0 unspecified atom stereocenters. The second-order valence-corrected chi connectivity index (χ2v) is 6.07. The zero-order valence-electron chi connectivity index (χ0n) is 16.0. The van der Waals surface area contributed by atoms with Gasteiger partial charge in [0, 0.05) is 11.3 Å². The van der Waals surface area contributed by atoms with Gasteiger partial charge in [-0.1, -0.05) is 36.3 Å².